The van der Waals surface area contributed by atoms with E-state index in [1.54, 1.807) is 0 Å². The van der Waals surface area contributed by atoms with Gasteiger partial charge in [-0.1, -0.05) is 27.7 Å². The predicted molar refractivity (Wildman–Crippen MR) is 75.8 cm³/mol. The largest absolute Gasteiger partial charge is 0.392 e. The highest BCUT2D eigenvalue weighted by Crippen LogP contribution is 2.28. The summed E-state index contributed by atoms with van der Waals surface area (Å²) in [6, 6.07) is 0.485. The Labute approximate surface area is 112 Å². The lowest BCUT2D eigenvalue weighted by Crippen LogP contribution is -2.47. The van der Waals surface area contributed by atoms with Crippen molar-refractivity contribution in [2.24, 2.45) is 5.41 Å². The Balaban J connectivity index is 2.31. The van der Waals surface area contributed by atoms with Gasteiger partial charge in [0.25, 0.3) is 0 Å². The van der Waals surface area contributed by atoms with Gasteiger partial charge in [-0.25, -0.2) is 0 Å². The Bertz CT molecular complexity index is 249. The second-order valence-corrected chi connectivity index (χ2v) is 7.17. The van der Waals surface area contributed by atoms with Crippen LogP contribution in [0.25, 0.3) is 0 Å². The van der Waals surface area contributed by atoms with Crippen LogP contribution < -0.4 is 5.32 Å². The number of aliphatic hydroxyl groups is 1. The van der Waals surface area contributed by atoms with E-state index in [-0.39, 0.29) is 17.1 Å². The molecule has 0 aromatic carbocycles. The lowest BCUT2D eigenvalue weighted by molar-refractivity contribution is -0.0790. The molecule has 3 nitrogen and oxygen atoms in total. The normalized spacial score (nSPS) is 31.3. The first-order valence-corrected chi connectivity index (χ1v) is 7.29. The van der Waals surface area contributed by atoms with E-state index in [1.165, 1.54) is 0 Å². The molecule has 1 fully saturated rings. The Hall–Kier alpha value is -0.120. The van der Waals surface area contributed by atoms with Crippen molar-refractivity contribution in [2.75, 3.05) is 13.2 Å². The number of rotatable bonds is 5. The number of ether oxygens (including phenoxy) is 1. The summed E-state index contributed by atoms with van der Waals surface area (Å²) in [6.07, 6.45) is 3.74. The van der Waals surface area contributed by atoms with Crippen LogP contribution in [0.4, 0.5) is 0 Å². The van der Waals surface area contributed by atoms with Gasteiger partial charge in [-0.15, -0.1) is 0 Å². The molecule has 0 amide bonds. The summed E-state index contributed by atoms with van der Waals surface area (Å²) in [5.41, 5.74) is 0.208. The van der Waals surface area contributed by atoms with Crippen molar-refractivity contribution in [1.82, 2.24) is 5.32 Å². The SMILES string of the molecule is CCC1(C)CC(NCC(O)CC(C)(C)C)CCO1. The Morgan fingerprint density at radius 2 is 2.11 bits per heavy atom. The third-order valence-electron chi connectivity index (χ3n) is 3.83. The van der Waals surface area contributed by atoms with E-state index in [2.05, 4.69) is 39.9 Å². The molecule has 18 heavy (non-hydrogen) atoms. The molecule has 1 heterocycles. The molecule has 0 aromatic heterocycles. The quantitative estimate of drug-likeness (QED) is 0.795. The summed E-state index contributed by atoms with van der Waals surface area (Å²) in [6.45, 7) is 12.4. The minimum Gasteiger partial charge on any atom is -0.392 e. The van der Waals surface area contributed by atoms with Crippen LogP contribution in [0.1, 0.15) is 60.3 Å². The molecule has 1 aliphatic rings. The predicted octanol–water partition coefficient (Wildman–Crippen LogP) is 2.72. The second-order valence-electron chi connectivity index (χ2n) is 7.17. The van der Waals surface area contributed by atoms with Gasteiger partial charge in [0, 0.05) is 19.2 Å². The van der Waals surface area contributed by atoms with E-state index in [9.17, 15) is 5.11 Å². The van der Waals surface area contributed by atoms with Gasteiger partial charge >= 0.3 is 0 Å². The third kappa shape index (κ3) is 5.68. The zero-order chi connectivity index (χ0) is 13.8. The zero-order valence-corrected chi connectivity index (χ0v) is 12.8. The van der Waals surface area contributed by atoms with E-state index in [1.807, 2.05) is 0 Å². The van der Waals surface area contributed by atoms with Crippen molar-refractivity contribution in [3.8, 4) is 0 Å². The molecule has 0 saturated carbocycles. The fraction of sp³-hybridized carbons (Fsp3) is 1.00. The van der Waals surface area contributed by atoms with Crippen LogP contribution in [0.2, 0.25) is 0 Å². The number of hydrogen-bond acceptors (Lipinski definition) is 3. The second kappa shape index (κ2) is 6.36. The molecule has 0 aromatic rings. The maximum absolute atomic E-state index is 10.0. The molecule has 0 bridgehead atoms. The molecule has 108 valence electrons. The monoisotopic (exact) mass is 257 g/mol. The van der Waals surface area contributed by atoms with Gasteiger partial charge in [-0.2, -0.15) is 0 Å². The third-order valence-corrected chi connectivity index (χ3v) is 3.83. The minimum atomic E-state index is -0.249. The fourth-order valence-corrected chi connectivity index (χ4v) is 2.63. The number of hydrogen-bond donors (Lipinski definition) is 2. The van der Waals surface area contributed by atoms with Gasteiger partial charge in [-0.3, -0.25) is 0 Å². The molecular weight excluding hydrogens is 226 g/mol. The molecule has 1 rings (SSSR count). The van der Waals surface area contributed by atoms with Gasteiger partial charge in [0.15, 0.2) is 0 Å². The first-order valence-electron chi connectivity index (χ1n) is 7.29. The lowest BCUT2D eigenvalue weighted by Gasteiger charge is -2.38. The molecule has 3 atom stereocenters. The molecular formula is C15H31NO2. The maximum Gasteiger partial charge on any atom is 0.0669 e. The lowest BCUT2D eigenvalue weighted by atomic mass is 9.88. The maximum atomic E-state index is 10.0. The summed E-state index contributed by atoms with van der Waals surface area (Å²) in [7, 11) is 0. The fourth-order valence-electron chi connectivity index (χ4n) is 2.63. The van der Waals surface area contributed by atoms with Crippen molar-refractivity contribution in [3.05, 3.63) is 0 Å². The molecule has 0 spiro atoms. The molecule has 0 radical (unpaired) electrons. The van der Waals surface area contributed by atoms with E-state index in [4.69, 9.17) is 4.74 Å². The molecule has 3 heteroatoms. The summed E-state index contributed by atoms with van der Waals surface area (Å²) in [5, 5.41) is 13.5. The average Bonchev–Trinajstić information content (AvgIpc) is 2.24. The van der Waals surface area contributed by atoms with Crippen LogP contribution >= 0.6 is 0 Å². The van der Waals surface area contributed by atoms with Crippen LogP contribution in [0.15, 0.2) is 0 Å². The van der Waals surface area contributed by atoms with Crippen molar-refractivity contribution in [2.45, 2.75) is 78.0 Å². The molecule has 1 saturated heterocycles. The smallest absolute Gasteiger partial charge is 0.0669 e. The highest BCUT2D eigenvalue weighted by molar-refractivity contribution is 4.86. The molecule has 1 aliphatic heterocycles. The topological polar surface area (TPSA) is 41.5 Å². The van der Waals surface area contributed by atoms with Crippen LogP contribution in [0, 0.1) is 5.41 Å². The highest BCUT2D eigenvalue weighted by atomic mass is 16.5. The standard InChI is InChI=1S/C15H31NO2/c1-6-15(5)9-12(7-8-18-15)16-11-13(17)10-14(2,3)4/h12-13,16-17H,6-11H2,1-5H3. The first kappa shape index (κ1) is 15.9. The van der Waals surface area contributed by atoms with E-state index >= 15 is 0 Å². The van der Waals surface area contributed by atoms with Crippen LogP contribution in [-0.4, -0.2) is 36.0 Å². The minimum absolute atomic E-state index is 0.0187. The van der Waals surface area contributed by atoms with Gasteiger partial charge in [-0.05, 0) is 38.0 Å². The summed E-state index contributed by atoms with van der Waals surface area (Å²) in [5.74, 6) is 0. The van der Waals surface area contributed by atoms with Gasteiger partial charge < -0.3 is 15.2 Å². The summed E-state index contributed by atoms with van der Waals surface area (Å²) >= 11 is 0. The summed E-state index contributed by atoms with van der Waals surface area (Å²) < 4.78 is 5.83. The van der Waals surface area contributed by atoms with Crippen molar-refractivity contribution >= 4 is 0 Å². The van der Waals surface area contributed by atoms with Crippen molar-refractivity contribution < 1.29 is 9.84 Å². The van der Waals surface area contributed by atoms with Crippen LogP contribution in [0.3, 0.4) is 0 Å². The summed E-state index contributed by atoms with van der Waals surface area (Å²) in [4.78, 5) is 0. The van der Waals surface area contributed by atoms with Crippen LogP contribution in [-0.2, 0) is 4.74 Å². The van der Waals surface area contributed by atoms with E-state index < -0.39 is 0 Å². The molecule has 2 N–H and O–H groups in total. The average molecular weight is 257 g/mol. The van der Waals surface area contributed by atoms with E-state index in [0.29, 0.717) is 12.6 Å². The van der Waals surface area contributed by atoms with Gasteiger partial charge in [0.1, 0.15) is 0 Å². The zero-order valence-electron chi connectivity index (χ0n) is 12.8. The molecule has 0 aliphatic carbocycles. The van der Waals surface area contributed by atoms with Crippen LogP contribution in [0.5, 0.6) is 0 Å². The Morgan fingerprint density at radius 1 is 1.44 bits per heavy atom. The molecule has 3 unspecified atom stereocenters. The highest BCUT2D eigenvalue weighted by Gasteiger charge is 2.31. The van der Waals surface area contributed by atoms with Crippen molar-refractivity contribution in [1.29, 1.82) is 0 Å². The Kier molecular flexibility index (Phi) is 5.63. The van der Waals surface area contributed by atoms with Gasteiger partial charge in [0.05, 0.1) is 11.7 Å². The number of nitrogens with one attached hydrogen (secondary N) is 1. The number of aliphatic hydroxyl groups excluding tert-OH is 1. The van der Waals surface area contributed by atoms with Gasteiger partial charge in [0.2, 0.25) is 0 Å². The van der Waals surface area contributed by atoms with E-state index in [0.717, 1.165) is 32.3 Å². The van der Waals surface area contributed by atoms with Crippen molar-refractivity contribution in [3.63, 3.8) is 0 Å². The first-order chi connectivity index (χ1) is 8.24. The Morgan fingerprint density at radius 3 is 2.67 bits per heavy atom.